The summed E-state index contributed by atoms with van der Waals surface area (Å²) < 4.78 is 12.9. The van der Waals surface area contributed by atoms with Crippen LogP contribution in [0.1, 0.15) is 72.2 Å². The van der Waals surface area contributed by atoms with Gasteiger partial charge in [-0.25, -0.2) is 9.78 Å². The van der Waals surface area contributed by atoms with Crippen LogP contribution in [0.3, 0.4) is 0 Å². The molecule has 2 aliphatic rings. The second-order valence-corrected chi connectivity index (χ2v) is 9.71. The first-order valence-electron chi connectivity index (χ1n) is 13.0. The highest BCUT2D eigenvalue weighted by molar-refractivity contribution is 6.14. The molecule has 0 spiro atoms. The lowest BCUT2D eigenvalue weighted by Crippen LogP contribution is -2.21. The van der Waals surface area contributed by atoms with E-state index in [1.54, 1.807) is 12.1 Å². The number of ether oxygens (including phenoxy) is 2. The Morgan fingerprint density at radius 3 is 2.56 bits per heavy atom. The number of anilines is 2. The van der Waals surface area contributed by atoms with E-state index in [-0.39, 0.29) is 17.7 Å². The van der Waals surface area contributed by atoms with Crippen molar-refractivity contribution in [3.8, 4) is 0 Å². The molecule has 8 nitrogen and oxygen atoms in total. The van der Waals surface area contributed by atoms with Crippen LogP contribution in [0.15, 0.2) is 42.6 Å². The maximum absolute atomic E-state index is 13.2. The molecule has 1 saturated heterocycles. The van der Waals surface area contributed by atoms with Gasteiger partial charge in [0.05, 0.1) is 37.3 Å². The van der Waals surface area contributed by atoms with Gasteiger partial charge in [0.1, 0.15) is 5.65 Å². The van der Waals surface area contributed by atoms with Crippen LogP contribution in [0.5, 0.6) is 0 Å². The zero-order chi connectivity index (χ0) is 24.9. The first-order chi connectivity index (χ1) is 17.6. The molecular formula is C28H34N4O4. The second kappa shape index (κ2) is 11.1. The Hall–Kier alpha value is -3.39. The van der Waals surface area contributed by atoms with Crippen LogP contribution in [0.2, 0.25) is 0 Å². The zero-order valence-corrected chi connectivity index (χ0v) is 20.8. The highest BCUT2D eigenvalue weighted by Crippen LogP contribution is 2.34. The molecule has 1 amide bonds. The van der Waals surface area contributed by atoms with Gasteiger partial charge < -0.3 is 24.7 Å². The first kappa shape index (κ1) is 24.3. The molecule has 2 N–H and O–H groups in total. The quantitative estimate of drug-likeness (QED) is 0.341. The van der Waals surface area contributed by atoms with Crippen molar-refractivity contribution in [2.45, 2.75) is 70.1 Å². The van der Waals surface area contributed by atoms with Gasteiger partial charge in [-0.3, -0.25) is 4.79 Å². The number of hydrogen-bond acceptors (Lipinski definition) is 6. The summed E-state index contributed by atoms with van der Waals surface area (Å²) in [6.07, 6.45) is 10.9. The Morgan fingerprint density at radius 2 is 1.86 bits per heavy atom. The molecule has 0 radical (unpaired) electrons. The van der Waals surface area contributed by atoms with E-state index in [1.807, 2.05) is 35.0 Å². The number of carbonyl (C=O) groups excluding carboxylic acids is 2. The van der Waals surface area contributed by atoms with Gasteiger partial charge in [-0.05, 0) is 43.9 Å². The number of fused-ring (bicyclic) bond motifs is 1. The highest BCUT2D eigenvalue weighted by atomic mass is 16.5. The van der Waals surface area contributed by atoms with Crippen molar-refractivity contribution in [3.05, 3.63) is 53.9 Å². The van der Waals surface area contributed by atoms with Gasteiger partial charge in [0.2, 0.25) is 0 Å². The normalized spacial score (nSPS) is 18.6. The van der Waals surface area contributed by atoms with Crippen molar-refractivity contribution < 1.29 is 19.1 Å². The molecular weight excluding hydrogens is 456 g/mol. The summed E-state index contributed by atoms with van der Waals surface area (Å²) in [7, 11) is 1.35. The van der Waals surface area contributed by atoms with E-state index in [0.29, 0.717) is 41.5 Å². The number of hydrogen-bond donors (Lipinski definition) is 2. The van der Waals surface area contributed by atoms with Crippen molar-refractivity contribution >= 4 is 34.3 Å². The maximum Gasteiger partial charge on any atom is 0.356 e. The van der Waals surface area contributed by atoms with Crippen LogP contribution < -0.4 is 10.6 Å². The summed E-state index contributed by atoms with van der Waals surface area (Å²) in [6.45, 7) is 1.17. The lowest BCUT2D eigenvalue weighted by molar-refractivity contribution is 0.0580. The third-order valence-corrected chi connectivity index (χ3v) is 7.19. The summed E-state index contributed by atoms with van der Waals surface area (Å²) in [6, 6.07) is 11.4. The number of nitrogens with zero attached hydrogens (tertiary/aromatic N) is 2. The van der Waals surface area contributed by atoms with Crippen LogP contribution in [-0.4, -0.2) is 47.3 Å². The van der Waals surface area contributed by atoms with E-state index in [9.17, 15) is 9.59 Å². The second-order valence-electron chi connectivity index (χ2n) is 9.71. The molecule has 5 rings (SSSR count). The molecule has 1 aliphatic heterocycles. The lowest BCUT2D eigenvalue weighted by atomic mass is 10.1. The third kappa shape index (κ3) is 5.23. The number of esters is 1. The summed E-state index contributed by atoms with van der Waals surface area (Å²) in [5.41, 5.74) is 2.72. The Morgan fingerprint density at radius 1 is 1.08 bits per heavy atom. The topological polar surface area (TPSA) is 94.5 Å². The van der Waals surface area contributed by atoms with Crippen molar-refractivity contribution in [3.63, 3.8) is 0 Å². The smallest absolute Gasteiger partial charge is 0.356 e. The van der Waals surface area contributed by atoms with Crippen molar-refractivity contribution in [2.24, 2.45) is 0 Å². The number of amides is 1. The van der Waals surface area contributed by atoms with E-state index in [4.69, 9.17) is 14.5 Å². The number of rotatable bonds is 7. The summed E-state index contributed by atoms with van der Waals surface area (Å²) >= 11 is 0. The van der Waals surface area contributed by atoms with Gasteiger partial charge in [0, 0.05) is 23.6 Å². The summed E-state index contributed by atoms with van der Waals surface area (Å²) in [5.74, 6) is -0.813. The van der Waals surface area contributed by atoms with E-state index >= 15 is 0 Å². The van der Waals surface area contributed by atoms with Crippen LogP contribution in [0, 0.1) is 0 Å². The van der Waals surface area contributed by atoms with Gasteiger partial charge in [0.25, 0.3) is 5.91 Å². The number of pyridine rings is 1. The van der Waals surface area contributed by atoms with Gasteiger partial charge in [0.15, 0.2) is 5.69 Å². The van der Waals surface area contributed by atoms with Crippen molar-refractivity contribution in [2.75, 3.05) is 24.4 Å². The molecule has 1 atom stereocenters. The Labute approximate surface area is 211 Å². The highest BCUT2D eigenvalue weighted by Gasteiger charge is 2.29. The van der Waals surface area contributed by atoms with Gasteiger partial charge in [-0.15, -0.1) is 0 Å². The average molecular weight is 491 g/mol. The van der Waals surface area contributed by atoms with Crippen molar-refractivity contribution in [1.29, 1.82) is 0 Å². The predicted molar refractivity (Wildman–Crippen MR) is 140 cm³/mol. The molecule has 36 heavy (non-hydrogen) atoms. The molecule has 0 bridgehead atoms. The Balaban J connectivity index is 1.58. The Kier molecular flexibility index (Phi) is 7.51. The van der Waals surface area contributed by atoms with Crippen LogP contribution >= 0.6 is 0 Å². The minimum atomic E-state index is -0.521. The molecule has 1 saturated carbocycles. The van der Waals surface area contributed by atoms with Gasteiger partial charge in [-0.2, -0.15) is 0 Å². The number of carbonyl (C=O) groups is 2. The van der Waals surface area contributed by atoms with Crippen LogP contribution in [0.25, 0.3) is 11.0 Å². The molecule has 8 heteroatoms. The number of methoxy groups -OCH3 is 1. The van der Waals surface area contributed by atoms with E-state index in [0.717, 1.165) is 31.4 Å². The molecule has 1 aliphatic carbocycles. The largest absolute Gasteiger partial charge is 0.464 e. The average Bonchev–Trinajstić information content (AvgIpc) is 3.43. The molecule has 1 aromatic carbocycles. The third-order valence-electron chi connectivity index (χ3n) is 7.19. The van der Waals surface area contributed by atoms with Crippen LogP contribution in [-0.2, 0) is 16.0 Å². The fourth-order valence-corrected chi connectivity index (χ4v) is 5.34. The molecule has 190 valence electrons. The monoisotopic (exact) mass is 490 g/mol. The lowest BCUT2D eigenvalue weighted by Gasteiger charge is -2.17. The molecule has 3 aromatic rings. The maximum atomic E-state index is 13.2. The number of nitrogens with one attached hydrogen (secondary N) is 2. The standard InChI is InChI=1S/C28H34N4O4/c1-35-28(34)25-24(31-27(33)19-10-5-4-6-11-19)23-16-21(30-20-12-7-2-3-8-13-20)17-29-26(23)32(25)18-22-14-9-15-36-22/h4-6,10-11,16-17,20,22,30H,2-3,7-9,12-15,18H2,1H3,(H,31,33)/t22-/m0/s1. The predicted octanol–water partition coefficient (Wildman–Crippen LogP) is 5.39. The molecule has 3 heterocycles. The molecule has 2 aromatic heterocycles. The van der Waals surface area contributed by atoms with Gasteiger partial charge >= 0.3 is 5.97 Å². The fraction of sp³-hybridized carbons (Fsp3) is 0.464. The number of aromatic nitrogens is 2. The van der Waals surface area contributed by atoms with E-state index in [1.165, 1.54) is 32.8 Å². The van der Waals surface area contributed by atoms with Gasteiger partial charge in [-0.1, -0.05) is 43.9 Å². The minimum Gasteiger partial charge on any atom is -0.464 e. The first-order valence-corrected chi connectivity index (χ1v) is 13.0. The minimum absolute atomic E-state index is 0.0210. The SMILES string of the molecule is COC(=O)c1c(NC(=O)c2ccccc2)c2cc(NC3CCCCCC3)cnc2n1C[C@@H]1CCCO1. The molecule has 2 fully saturated rings. The zero-order valence-electron chi connectivity index (χ0n) is 20.8. The van der Waals surface area contributed by atoms with Crippen LogP contribution in [0.4, 0.5) is 11.4 Å². The fourth-order valence-electron chi connectivity index (χ4n) is 5.34. The van der Waals surface area contributed by atoms with E-state index in [2.05, 4.69) is 10.6 Å². The summed E-state index contributed by atoms with van der Waals surface area (Å²) in [4.78, 5) is 31.0. The van der Waals surface area contributed by atoms with Crippen molar-refractivity contribution in [1.82, 2.24) is 9.55 Å². The summed E-state index contributed by atoms with van der Waals surface area (Å²) in [5, 5.41) is 7.35. The number of benzene rings is 1. The Bertz CT molecular complexity index is 1210. The molecule has 0 unspecified atom stereocenters. The van der Waals surface area contributed by atoms with E-state index < -0.39 is 5.97 Å².